The summed E-state index contributed by atoms with van der Waals surface area (Å²) < 4.78 is 0. The van der Waals surface area contributed by atoms with Crippen LogP contribution in [0.15, 0.2) is 17.6 Å². The second kappa shape index (κ2) is 6.38. The van der Waals surface area contributed by atoms with Gasteiger partial charge in [0.1, 0.15) is 0 Å². The molecule has 0 fully saturated rings. The number of imidazole rings is 1. The van der Waals surface area contributed by atoms with Crippen LogP contribution in [0.4, 0.5) is 0 Å². The lowest BCUT2D eigenvalue weighted by Gasteiger charge is -1.96. The summed E-state index contributed by atoms with van der Waals surface area (Å²) in [6, 6.07) is 0. The number of aromatic nitrogens is 2. The Morgan fingerprint density at radius 2 is 2.33 bits per heavy atom. The third kappa shape index (κ3) is 4.02. The number of hydrogen-bond donors (Lipinski definition) is 1. The maximum absolute atomic E-state index is 5.56. The summed E-state index contributed by atoms with van der Waals surface area (Å²) in [7, 11) is 0. The van der Waals surface area contributed by atoms with Crippen LogP contribution in [0.5, 0.6) is 0 Å². The second-order valence-electron chi connectivity index (χ2n) is 2.51. The Hall–Kier alpha value is -0.150. The van der Waals surface area contributed by atoms with E-state index in [9.17, 15) is 0 Å². The van der Waals surface area contributed by atoms with Crippen molar-refractivity contribution in [2.75, 3.05) is 11.6 Å². The van der Waals surface area contributed by atoms with E-state index in [2.05, 4.69) is 9.97 Å². The molecule has 1 rings (SSSR count). The topological polar surface area (TPSA) is 28.7 Å². The molecule has 0 unspecified atom stereocenters. The summed E-state index contributed by atoms with van der Waals surface area (Å²) in [6.07, 6.45) is 7.15. The van der Waals surface area contributed by atoms with E-state index in [1.807, 2.05) is 18.0 Å². The Kier molecular flexibility index (Phi) is 5.28. The molecule has 0 aliphatic carbocycles. The molecule has 12 heavy (non-hydrogen) atoms. The third-order valence-electron chi connectivity index (χ3n) is 1.51. The van der Waals surface area contributed by atoms with Gasteiger partial charge in [0.05, 0.1) is 17.6 Å². The van der Waals surface area contributed by atoms with Gasteiger partial charge in [-0.1, -0.05) is 6.42 Å². The maximum Gasteiger partial charge on any atom is 0.0928 e. The first-order chi connectivity index (χ1) is 5.93. The van der Waals surface area contributed by atoms with E-state index in [-0.39, 0.29) is 0 Å². The monoisotopic (exact) mass is 204 g/mol. The molecule has 2 nitrogen and oxygen atoms in total. The first-order valence-corrected chi connectivity index (χ1v) is 5.62. The summed E-state index contributed by atoms with van der Waals surface area (Å²) in [6.45, 7) is 0. The minimum atomic E-state index is 0.786. The zero-order valence-corrected chi connectivity index (χ0v) is 8.50. The van der Waals surface area contributed by atoms with Crippen LogP contribution in [0.3, 0.4) is 0 Å². The van der Waals surface area contributed by atoms with E-state index in [0.29, 0.717) is 0 Å². The molecule has 0 aliphatic heterocycles. The molecule has 0 bridgehead atoms. The molecule has 0 saturated carbocycles. The van der Waals surface area contributed by atoms with Crippen molar-refractivity contribution in [1.82, 2.24) is 9.97 Å². The van der Waals surface area contributed by atoms with E-state index < -0.39 is 0 Å². The largest absolute Gasteiger partial charge is 0.340 e. The number of rotatable bonds is 6. The van der Waals surface area contributed by atoms with Crippen LogP contribution in [0.25, 0.3) is 0 Å². The number of unbranched alkanes of at least 4 members (excludes halogenated alkanes) is 2. The van der Waals surface area contributed by atoms with Gasteiger partial charge in [-0.3, -0.25) is 0 Å². The summed E-state index contributed by atoms with van der Waals surface area (Å²) in [5.41, 5.74) is 0. The highest BCUT2D eigenvalue weighted by molar-refractivity contribution is 7.99. The van der Waals surface area contributed by atoms with Crippen LogP contribution in [-0.2, 0) is 0 Å². The van der Waals surface area contributed by atoms with Gasteiger partial charge in [0.15, 0.2) is 0 Å². The molecule has 1 heterocycles. The van der Waals surface area contributed by atoms with Crippen molar-refractivity contribution in [2.45, 2.75) is 24.3 Å². The maximum atomic E-state index is 5.56. The quantitative estimate of drug-likeness (QED) is 0.439. The fourth-order valence-corrected chi connectivity index (χ4v) is 1.91. The molecule has 1 N–H and O–H groups in total. The predicted molar refractivity (Wildman–Crippen MR) is 53.9 cm³/mol. The van der Waals surface area contributed by atoms with Gasteiger partial charge in [0.25, 0.3) is 0 Å². The predicted octanol–water partition coefficient (Wildman–Crippen LogP) is 2.91. The van der Waals surface area contributed by atoms with E-state index in [1.165, 1.54) is 12.8 Å². The van der Waals surface area contributed by atoms with Crippen LogP contribution >= 0.6 is 23.4 Å². The highest BCUT2D eigenvalue weighted by atomic mass is 35.5. The van der Waals surface area contributed by atoms with Crippen molar-refractivity contribution in [3.05, 3.63) is 12.5 Å². The molecular weight excluding hydrogens is 192 g/mol. The molecular formula is C8H13ClN2S. The number of halogens is 1. The molecule has 0 amide bonds. The van der Waals surface area contributed by atoms with Gasteiger partial charge in [-0.25, -0.2) is 4.98 Å². The van der Waals surface area contributed by atoms with Gasteiger partial charge in [0.2, 0.25) is 0 Å². The van der Waals surface area contributed by atoms with Crippen LogP contribution in [0.1, 0.15) is 19.3 Å². The van der Waals surface area contributed by atoms with Crippen molar-refractivity contribution >= 4 is 23.4 Å². The van der Waals surface area contributed by atoms with Gasteiger partial charge < -0.3 is 4.98 Å². The first kappa shape index (κ1) is 9.93. The zero-order chi connectivity index (χ0) is 8.65. The Labute approximate surface area is 82.1 Å². The number of hydrogen-bond acceptors (Lipinski definition) is 2. The molecule has 4 heteroatoms. The van der Waals surface area contributed by atoms with Gasteiger partial charge in [-0.2, -0.15) is 0 Å². The Bertz CT molecular complexity index is 189. The summed E-state index contributed by atoms with van der Waals surface area (Å²) in [5, 5.41) is 1.15. The fraction of sp³-hybridized carbons (Fsp3) is 0.625. The number of H-pyrrole nitrogens is 1. The van der Waals surface area contributed by atoms with E-state index >= 15 is 0 Å². The lowest BCUT2D eigenvalue weighted by atomic mass is 10.3. The van der Waals surface area contributed by atoms with E-state index in [4.69, 9.17) is 11.6 Å². The zero-order valence-electron chi connectivity index (χ0n) is 6.92. The Morgan fingerprint density at radius 1 is 1.42 bits per heavy atom. The van der Waals surface area contributed by atoms with E-state index in [0.717, 1.165) is 23.1 Å². The number of nitrogens with one attached hydrogen (secondary N) is 1. The Balaban J connectivity index is 1.96. The SMILES string of the molecule is ClCCCCCSc1cnc[nH]1. The van der Waals surface area contributed by atoms with E-state index in [1.54, 1.807) is 6.33 Å². The summed E-state index contributed by atoms with van der Waals surface area (Å²) >= 11 is 7.37. The molecule has 0 radical (unpaired) electrons. The minimum absolute atomic E-state index is 0.786. The van der Waals surface area contributed by atoms with Gasteiger partial charge >= 0.3 is 0 Å². The molecule has 0 aromatic carbocycles. The minimum Gasteiger partial charge on any atom is -0.340 e. The van der Waals surface area contributed by atoms with Crippen LogP contribution in [-0.4, -0.2) is 21.6 Å². The standard InChI is InChI=1S/C8H13ClN2S/c9-4-2-1-3-5-12-8-6-10-7-11-8/h6-7H,1-5H2,(H,10,11). The van der Waals surface area contributed by atoms with Gasteiger partial charge in [-0.15, -0.1) is 23.4 Å². The summed E-state index contributed by atoms with van der Waals surface area (Å²) in [4.78, 5) is 6.99. The molecule has 0 spiro atoms. The Morgan fingerprint density at radius 3 is 3.00 bits per heavy atom. The average Bonchev–Trinajstić information content (AvgIpc) is 2.57. The van der Waals surface area contributed by atoms with Gasteiger partial charge in [0, 0.05) is 5.88 Å². The lowest BCUT2D eigenvalue weighted by molar-refractivity contribution is 0.782. The molecule has 1 aromatic heterocycles. The van der Waals surface area contributed by atoms with Crippen molar-refractivity contribution in [3.63, 3.8) is 0 Å². The molecule has 1 aromatic rings. The summed E-state index contributed by atoms with van der Waals surface area (Å²) in [5.74, 6) is 1.94. The average molecular weight is 205 g/mol. The van der Waals surface area contributed by atoms with Crippen molar-refractivity contribution in [3.8, 4) is 0 Å². The second-order valence-corrected chi connectivity index (χ2v) is 4.03. The van der Waals surface area contributed by atoms with Crippen molar-refractivity contribution in [2.24, 2.45) is 0 Å². The number of aromatic amines is 1. The molecule has 0 aliphatic rings. The highest BCUT2D eigenvalue weighted by Crippen LogP contribution is 2.15. The fourth-order valence-electron chi connectivity index (χ4n) is 0.878. The van der Waals surface area contributed by atoms with Crippen LogP contribution in [0, 0.1) is 0 Å². The van der Waals surface area contributed by atoms with Crippen LogP contribution < -0.4 is 0 Å². The number of alkyl halides is 1. The first-order valence-electron chi connectivity index (χ1n) is 4.10. The molecule has 0 saturated heterocycles. The highest BCUT2D eigenvalue weighted by Gasteiger charge is 1.93. The lowest BCUT2D eigenvalue weighted by Crippen LogP contribution is -1.82. The van der Waals surface area contributed by atoms with Crippen molar-refractivity contribution in [1.29, 1.82) is 0 Å². The third-order valence-corrected chi connectivity index (χ3v) is 2.80. The number of thioether (sulfide) groups is 1. The van der Waals surface area contributed by atoms with Gasteiger partial charge in [-0.05, 0) is 18.6 Å². The number of nitrogens with zero attached hydrogens (tertiary/aromatic N) is 1. The van der Waals surface area contributed by atoms with Crippen LogP contribution in [0.2, 0.25) is 0 Å². The van der Waals surface area contributed by atoms with Crippen molar-refractivity contribution < 1.29 is 0 Å². The normalized spacial score (nSPS) is 10.4. The molecule has 68 valence electrons. The molecule has 0 atom stereocenters. The smallest absolute Gasteiger partial charge is 0.0928 e.